The first-order valence-electron chi connectivity index (χ1n) is 4.66. The van der Waals surface area contributed by atoms with Crippen molar-refractivity contribution in [2.24, 2.45) is 0 Å². The van der Waals surface area contributed by atoms with Gasteiger partial charge in [-0.2, -0.15) is 0 Å². The molecule has 2 N–H and O–H groups in total. The zero-order chi connectivity index (χ0) is 11.5. The number of nitrogen functional groups attached to an aromatic ring is 1. The summed E-state index contributed by atoms with van der Waals surface area (Å²) in [6, 6.07) is 1.70. The maximum absolute atomic E-state index is 5.62. The van der Waals surface area contributed by atoms with Crippen LogP contribution in [0, 0.1) is 0 Å². The highest BCUT2D eigenvalue weighted by molar-refractivity contribution is 9.10. The van der Waals surface area contributed by atoms with Gasteiger partial charge in [-0.3, -0.25) is 0 Å². The monoisotopic (exact) mass is 283 g/mol. The molecule has 0 aliphatic carbocycles. The van der Waals surface area contributed by atoms with E-state index in [4.69, 9.17) is 10.5 Å². The fourth-order valence-corrected chi connectivity index (χ4v) is 1.44. The van der Waals surface area contributed by atoms with Crippen LogP contribution in [0.4, 0.5) is 5.82 Å². The van der Waals surface area contributed by atoms with Crippen molar-refractivity contribution in [1.29, 1.82) is 0 Å². The third-order valence-electron chi connectivity index (χ3n) is 1.85. The fourth-order valence-electron chi connectivity index (χ4n) is 1.17. The minimum atomic E-state index is 0.413. The molecule has 0 aliphatic rings. The van der Waals surface area contributed by atoms with E-state index < -0.39 is 0 Å². The molecule has 0 spiro atoms. The Bertz CT molecular complexity index is 479. The van der Waals surface area contributed by atoms with E-state index in [9.17, 15) is 0 Å². The number of halogens is 1. The Hall–Kier alpha value is -1.63. The highest BCUT2D eigenvalue weighted by Crippen LogP contribution is 2.19. The van der Waals surface area contributed by atoms with Crippen molar-refractivity contribution in [1.82, 2.24) is 19.7 Å². The summed E-state index contributed by atoms with van der Waals surface area (Å²) < 4.78 is 7.55. The van der Waals surface area contributed by atoms with Crippen LogP contribution in [-0.2, 0) is 0 Å². The molecule has 0 atom stereocenters. The summed E-state index contributed by atoms with van der Waals surface area (Å²) in [4.78, 5) is 8.05. The van der Waals surface area contributed by atoms with Crippen LogP contribution >= 0.6 is 15.9 Å². The van der Waals surface area contributed by atoms with Crippen LogP contribution in [0.3, 0.4) is 0 Å². The second-order valence-electron chi connectivity index (χ2n) is 2.95. The second-order valence-corrected chi connectivity index (χ2v) is 3.81. The van der Waals surface area contributed by atoms with E-state index in [1.165, 1.54) is 6.33 Å². The zero-order valence-electron chi connectivity index (χ0n) is 8.59. The Morgan fingerprint density at radius 2 is 2.31 bits per heavy atom. The highest BCUT2D eigenvalue weighted by atomic mass is 79.9. The fraction of sp³-hybridized carbons (Fsp3) is 0.222. The van der Waals surface area contributed by atoms with Gasteiger partial charge in [0, 0.05) is 12.3 Å². The number of hydrogen-bond donors (Lipinski definition) is 1. The van der Waals surface area contributed by atoms with E-state index in [-0.39, 0.29) is 0 Å². The smallest absolute Gasteiger partial charge is 0.218 e. The molecule has 0 amide bonds. The molecule has 0 unspecified atom stereocenters. The molecule has 0 aromatic carbocycles. The Balaban J connectivity index is 2.36. The van der Waals surface area contributed by atoms with Gasteiger partial charge >= 0.3 is 0 Å². The van der Waals surface area contributed by atoms with Crippen molar-refractivity contribution in [3.8, 4) is 11.7 Å². The molecule has 2 rings (SSSR count). The van der Waals surface area contributed by atoms with Crippen LogP contribution < -0.4 is 10.5 Å². The molecule has 7 heteroatoms. The van der Waals surface area contributed by atoms with Gasteiger partial charge in [0.15, 0.2) is 11.6 Å². The van der Waals surface area contributed by atoms with E-state index in [0.29, 0.717) is 24.1 Å². The van der Waals surface area contributed by atoms with Gasteiger partial charge in [0.1, 0.15) is 6.33 Å². The highest BCUT2D eigenvalue weighted by Gasteiger charge is 2.06. The molecule has 0 radical (unpaired) electrons. The summed E-state index contributed by atoms with van der Waals surface area (Å²) in [5.41, 5.74) is 5.62. The number of anilines is 1. The van der Waals surface area contributed by atoms with Crippen LogP contribution in [-0.4, -0.2) is 26.4 Å². The number of rotatable bonds is 3. The Kier molecular flexibility index (Phi) is 3.04. The van der Waals surface area contributed by atoms with Gasteiger partial charge in [-0.15, -0.1) is 5.10 Å². The maximum Gasteiger partial charge on any atom is 0.218 e. The van der Waals surface area contributed by atoms with Gasteiger partial charge in [-0.05, 0) is 22.9 Å². The second kappa shape index (κ2) is 4.48. The number of ether oxygens (including phenoxy) is 1. The van der Waals surface area contributed by atoms with Crippen LogP contribution in [0.2, 0.25) is 0 Å². The molecule has 16 heavy (non-hydrogen) atoms. The minimum absolute atomic E-state index is 0.413. The normalized spacial score (nSPS) is 10.4. The molecule has 6 nitrogen and oxygen atoms in total. The molecule has 0 bridgehead atoms. The molecular formula is C9H10BrN5O. The summed E-state index contributed by atoms with van der Waals surface area (Å²) in [5.74, 6) is 1.53. The summed E-state index contributed by atoms with van der Waals surface area (Å²) in [6.45, 7) is 2.45. The van der Waals surface area contributed by atoms with Crippen LogP contribution in [0.25, 0.3) is 5.82 Å². The SMILES string of the molecule is CCOc1cc(-n2cc(Br)c(N)n2)ncn1. The molecule has 84 valence electrons. The first-order valence-corrected chi connectivity index (χ1v) is 5.46. The molecule has 0 saturated carbocycles. The number of aromatic nitrogens is 4. The zero-order valence-corrected chi connectivity index (χ0v) is 10.2. The van der Waals surface area contributed by atoms with Gasteiger partial charge < -0.3 is 10.5 Å². The van der Waals surface area contributed by atoms with Crippen molar-refractivity contribution >= 4 is 21.7 Å². The summed E-state index contributed by atoms with van der Waals surface area (Å²) >= 11 is 3.28. The summed E-state index contributed by atoms with van der Waals surface area (Å²) in [7, 11) is 0. The van der Waals surface area contributed by atoms with E-state index in [1.807, 2.05) is 6.92 Å². The third-order valence-corrected chi connectivity index (χ3v) is 2.46. The Labute approximate surface area is 101 Å². The van der Waals surface area contributed by atoms with Gasteiger partial charge in [-0.1, -0.05) is 0 Å². The van der Waals surface area contributed by atoms with Gasteiger partial charge in [-0.25, -0.2) is 14.6 Å². The standard InChI is InChI=1S/C9H10BrN5O/c1-2-16-8-3-7(12-5-13-8)15-4-6(10)9(11)14-15/h3-5H,2H2,1H3,(H2,11,14). The van der Waals surface area contributed by atoms with Crippen molar-refractivity contribution in [3.63, 3.8) is 0 Å². The summed E-state index contributed by atoms with van der Waals surface area (Å²) in [6.07, 6.45) is 3.15. The molecule has 2 heterocycles. The van der Waals surface area contributed by atoms with Crippen LogP contribution in [0.15, 0.2) is 23.1 Å². The van der Waals surface area contributed by atoms with Crippen molar-refractivity contribution in [2.45, 2.75) is 6.92 Å². The largest absolute Gasteiger partial charge is 0.478 e. The average Bonchev–Trinajstić information content (AvgIpc) is 2.60. The number of nitrogens with two attached hydrogens (primary N) is 1. The molecule has 0 saturated heterocycles. The first-order chi connectivity index (χ1) is 7.70. The maximum atomic E-state index is 5.62. The van der Waals surface area contributed by atoms with Gasteiger partial charge in [0.2, 0.25) is 5.88 Å². The third kappa shape index (κ3) is 2.13. The van der Waals surface area contributed by atoms with Crippen molar-refractivity contribution in [2.75, 3.05) is 12.3 Å². The van der Waals surface area contributed by atoms with E-state index in [1.54, 1.807) is 16.9 Å². The molecule has 0 aliphatic heterocycles. The summed E-state index contributed by atoms with van der Waals surface area (Å²) in [5, 5.41) is 4.08. The van der Waals surface area contributed by atoms with Crippen molar-refractivity contribution in [3.05, 3.63) is 23.1 Å². The van der Waals surface area contributed by atoms with Crippen LogP contribution in [0.1, 0.15) is 6.92 Å². The first kappa shape index (κ1) is 10.9. The molecular weight excluding hydrogens is 274 g/mol. The van der Waals surface area contributed by atoms with Crippen molar-refractivity contribution < 1.29 is 4.74 Å². The Morgan fingerprint density at radius 3 is 2.94 bits per heavy atom. The number of hydrogen-bond acceptors (Lipinski definition) is 5. The molecule has 0 fully saturated rings. The quantitative estimate of drug-likeness (QED) is 0.921. The number of nitrogens with zero attached hydrogens (tertiary/aromatic N) is 4. The van der Waals surface area contributed by atoms with Gasteiger partial charge in [0.25, 0.3) is 0 Å². The van der Waals surface area contributed by atoms with Crippen LogP contribution in [0.5, 0.6) is 5.88 Å². The predicted octanol–water partition coefficient (Wildman–Crippen LogP) is 1.41. The molecule has 2 aromatic heterocycles. The lowest BCUT2D eigenvalue weighted by Crippen LogP contribution is -2.02. The van der Waals surface area contributed by atoms with E-state index in [0.717, 1.165) is 4.47 Å². The Morgan fingerprint density at radius 1 is 1.50 bits per heavy atom. The topological polar surface area (TPSA) is 78.9 Å². The predicted molar refractivity (Wildman–Crippen MR) is 62.4 cm³/mol. The minimum Gasteiger partial charge on any atom is -0.478 e. The van der Waals surface area contributed by atoms with Gasteiger partial charge in [0.05, 0.1) is 11.1 Å². The lowest BCUT2D eigenvalue weighted by molar-refractivity contribution is 0.326. The molecule has 2 aromatic rings. The van der Waals surface area contributed by atoms with E-state index >= 15 is 0 Å². The van der Waals surface area contributed by atoms with E-state index in [2.05, 4.69) is 31.0 Å². The average molecular weight is 284 g/mol. The lowest BCUT2D eigenvalue weighted by Gasteiger charge is -2.03. The lowest BCUT2D eigenvalue weighted by atomic mass is 10.5.